The van der Waals surface area contributed by atoms with E-state index in [1.807, 2.05) is 0 Å². The van der Waals surface area contributed by atoms with Crippen molar-refractivity contribution in [1.29, 1.82) is 0 Å². The van der Waals surface area contributed by atoms with Crippen molar-refractivity contribution in [3.63, 3.8) is 0 Å². The van der Waals surface area contributed by atoms with Crippen molar-refractivity contribution in [3.8, 4) is 0 Å². The zero-order valence-electron chi connectivity index (χ0n) is 15.8. The summed E-state index contributed by atoms with van der Waals surface area (Å²) in [5.74, 6) is -0.789. The summed E-state index contributed by atoms with van der Waals surface area (Å²) in [6, 6.07) is 2.14. The van der Waals surface area contributed by atoms with Crippen LogP contribution in [0.25, 0.3) is 0 Å². The van der Waals surface area contributed by atoms with Crippen LogP contribution in [0.4, 0.5) is 19.3 Å². The number of nitrogens with zero attached hydrogens (tertiary/aromatic N) is 2. The first kappa shape index (κ1) is 19.9. The maximum atomic E-state index is 14.8. The van der Waals surface area contributed by atoms with E-state index in [1.165, 1.54) is 22.7 Å². The summed E-state index contributed by atoms with van der Waals surface area (Å²) in [4.78, 5) is 18.0. The van der Waals surface area contributed by atoms with Gasteiger partial charge < -0.3 is 10.8 Å². The summed E-state index contributed by atoms with van der Waals surface area (Å²) in [5, 5.41) is 10.1. The Bertz CT molecular complexity index is 794. The Morgan fingerprint density at radius 2 is 2.04 bits per heavy atom. The topological polar surface area (TPSA) is 78.9 Å². The van der Waals surface area contributed by atoms with Crippen LogP contribution in [0.3, 0.4) is 0 Å². The van der Waals surface area contributed by atoms with Gasteiger partial charge in [0.05, 0.1) is 11.2 Å². The number of hydrogen-bond donors (Lipinski definition) is 2. The second-order valence-corrected chi connectivity index (χ2v) is 9.20. The summed E-state index contributed by atoms with van der Waals surface area (Å²) < 4.78 is 28.5. The lowest BCUT2D eigenvalue weighted by Crippen LogP contribution is -2.52. The molecule has 2 atom stereocenters. The molecule has 1 aromatic rings. The van der Waals surface area contributed by atoms with Gasteiger partial charge in [-0.2, -0.15) is 0 Å². The number of halogens is 2. The van der Waals surface area contributed by atoms with Gasteiger partial charge in [-0.3, -0.25) is 9.89 Å². The first-order valence-corrected chi connectivity index (χ1v) is 10.1. The largest absolute Gasteiger partial charge is 0.465 e. The summed E-state index contributed by atoms with van der Waals surface area (Å²) in [5.41, 5.74) is 4.27. The predicted molar refractivity (Wildman–Crippen MR) is 104 cm³/mol. The molecule has 148 valence electrons. The highest BCUT2D eigenvalue weighted by molar-refractivity contribution is 8.13. The predicted octanol–water partition coefficient (Wildman–Crippen LogP) is 4.81. The summed E-state index contributed by atoms with van der Waals surface area (Å²) >= 11 is 1.39. The number of carbonyl (C=O) groups is 1. The van der Waals surface area contributed by atoms with Crippen molar-refractivity contribution in [2.24, 2.45) is 10.9 Å². The first-order chi connectivity index (χ1) is 12.6. The van der Waals surface area contributed by atoms with E-state index >= 15 is 0 Å². The van der Waals surface area contributed by atoms with Gasteiger partial charge in [0.25, 0.3) is 0 Å². The number of fused-ring (bicyclic) bond motifs is 1. The molecule has 1 saturated carbocycles. The number of rotatable bonds is 1. The number of hydrogen-bond acceptors (Lipinski definition) is 4. The number of amidine groups is 1. The fourth-order valence-electron chi connectivity index (χ4n) is 4.06. The lowest BCUT2D eigenvalue weighted by atomic mass is 9.69. The fourth-order valence-corrected chi connectivity index (χ4v) is 5.56. The Morgan fingerprint density at radius 1 is 1.33 bits per heavy atom. The van der Waals surface area contributed by atoms with E-state index in [4.69, 9.17) is 10.7 Å². The average molecular weight is 397 g/mol. The Kier molecular flexibility index (Phi) is 5.14. The Labute approximate surface area is 162 Å². The van der Waals surface area contributed by atoms with Crippen LogP contribution in [0.15, 0.2) is 17.1 Å². The molecule has 3 rings (SSSR count). The van der Waals surface area contributed by atoms with E-state index in [1.54, 1.807) is 20.8 Å². The number of amides is 1. The SMILES string of the molecule is CC(C)(C)N(C(=O)O)C1=NC2(c3cc(N)c(F)cc3F)CCCCC2CS1. The van der Waals surface area contributed by atoms with E-state index in [9.17, 15) is 18.7 Å². The van der Waals surface area contributed by atoms with Crippen molar-refractivity contribution in [2.45, 2.75) is 57.5 Å². The Morgan fingerprint density at radius 3 is 2.67 bits per heavy atom. The molecule has 1 amide bonds. The molecule has 0 saturated heterocycles. The lowest BCUT2D eigenvalue weighted by molar-refractivity contribution is 0.139. The molecule has 1 heterocycles. The summed E-state index contributed by atoms with van der Waals surface area (Å²) in [6.07, 6.45) is 2.21. The van der Waals surface area contributed by atoms with E-state index in [0.29, 0.717) is 17.3 Å². The second kappa shape index (κ2) is 6.96. The van der Waals surface area contributed by atoms with E-state index in [-0.39, 0.29) is 17.2 Å². The summed E-state index contributed by atoms with van der Waals surface area (Å²) in [7, 11) is 0. The molecule has 27 heavy (non-hydrogen) atoms. The molecule has 2 aliphatic rings. The molecule has 0 spiro atoms. The Balaban J connectivity index is 2.19. The quantitative estimate of drug-likeness (QED) is 0.666. The molecule has 5 nitrogen and oxygen atoms in total. The van der Waals surface area contributed by atoms with Gasteiger partial charge in [0.1, 0.15) is 11.6 Å². The molecule has 3 N–H and O–H groups in total. The Hall–Kier alpha value is -1.83. The number of thioether (sulfide) groups is 1. The lowest BCUT2D eigenvalue weighted by Gasteiger charge is -2.47. The highest BCUT2D eigenvalue weighted by Crippen LogP contribution is 2.51. The number of carboxylic acid groups (broad SMARTS) is 1. The minimum atomic E-state index is -1.10. The third-order valence-corrected chi connectivity index (χ3v) is 6.45. The molecule has 0 aromatic heterocycles. The first-order valence-electron chi connectivity index (χ1n) is 9.07. The van der Waals surface area contributed by atoms with Crippen LogP contribution in [0, 0.1) is 17.6 Å². The van der Waals surface area contributed by atoms with Gasteiger partial charge in [-0.15, -0.1) is 0 Å². The maximum absolute atomic E-state index is 14.8. The summed E-state index contributed by atoms with van der Waals surface area (Å²) in [6.45, 7) is 5.38. The molecule has 0 radical (unpaired) electrons. The molecular formula is C19H25F2N3O2S. The van der Waals surface area contributed by atoms with E-state index < -0.39 is 28.8 Å². The van der Waals surface area contributed by atoms with Crippen LogP contribution in [0.2, 0.25) is 0 Å². The number of nitrogens with two attached hydrogens (primary N) is 1. The van der Waals surface area contributed by atoms with Crippen molar-refractivity contribution in [3.05, 3.63) is 29.3 Å². The van der Waals surface area contributed by atoms with Crippen LogP contribution in [0.1, 0.15) is 52.0 Å². The molecule has 0 bridgehead atoms. The number of benzene rings is 1. The smallest absolute Gasteiger partial charge is 0.413 e. The van der Waals surface area contributed by atoms with Crippen molar-refractivity contribution in [1.82, 2.24) is 4.90 Å². The van der Waals surface area contributed by atoms with Crippen molar-refractivity contribution in [2.75, 3.05) is 11.5 Å². The third kappa shape index (κ3) is 3.51. The minimum absolute atomic E-state index is 0.0509. The second-order valence-electron chi connectivity index (χ2n) is 8.21. The van der Waals surface area contributed by atoms with Crippen LogP contribution in [-0.2, 0) is 5.54 Å². The normalized spacial score (nSPS) is 25.5. The van der Waals surface area contributed by atoms with Gasteiger partial charge >= 0.3 is 6.09 Å². The average Bonchev–Trinajstić information content (AvgIpc) is 2.56. The molecule has 8 heteroatoms. The third-order valence-electron chi connectivity index (χ3n) is 5.35. The van der Waals surface area contributed by atoms with Gasteiger partial charge in [0, 0.05) is 22.9 Å². The highest BCUT2D eigenvalue weighted by Gasteiger charge is 2.48. The fraction of sp³-hybridized carbons (Fsp3) is 0.579. The van der Waals surface area contributed by atoms with E-state index in [0.717, 1.165) is 25.3 Å². The molecular weight excluding hydrogens is 372 g/mol. The standard InChI is InChI=1S/C19H25F2N3O2S/c1-18(2,3)24(17(25)26)16-23-19(7-5-4-6-11(19)10-27-16)12-8-15(22)14(21)9-13(12)20/h8-9,11H,4-7,10,22H2,1-3H3,(H,25,26). The molecule has 1 aliphatic heterocycles. The van der Waals surface area contributed by atoms with E-state index in [2.05, 4.69) is 0 Å². The van der Waals surface area contributed by atoms with Gasteiger partial charge in [0.15, 0.2) is 5.17 Å². The van der Waals surface area contributed by atoms with Gasteiger partial charge in [-0.1, -0.05) is 24.6 Å². The molecule has 1 aliphatic carbocycles. The number of aliphatic imine (C=N–C) groups is 1. The highest BCUT2D eigenvalue weighted by atomic mass is 32.2. The van der Waals surface area contributed by atoms with Gasteiger partial charge in [0.2, 0.25) is 0 Å². The molecule has 1 fully saturated rings. The van der Waals surface area contributed by atoms with Crippen LogP contribution < -0.4 is 5.73 Å². The molecule has 2 unspecified atom stereocenters. The van der Waals surface area contributed by atoms with Crippen molar-refractivity contribution >= 4 is 28.7 Å². The minimum Gasteiger partial charge on any atom is -0.465 e. The number of nitrogen functional groups attached to an aromatic ring is 1. The van der Waals surface area contributed by atoms with Crippen molar-refractivity contribution < 1.29 is 18.7 Å². The zero-order chi connectivity index (χ0) is 20.0. The van der Waals surface area contributed by atoms with Gasteiger partial charge in [-0.05, 0) is 45.6 Å². The molecule has 1 aromatic carbocycles. The zero-order valence-corrected chi connectivity index (χ0v) is 16.6. The van der Waals surface area contributed by atoms with Crippen LogP contribution in [-0.4, -0.2) is 32.6 Å². The maximum Gasteiger partial charge on any atom is 0.413 e. The van der Waals surface area contributed by atoms with Crippen LogP contribution in [0.5, 0.6) is 0 Å². The monoisotopic (exact) mass is 397 g/mol. The van der Waals surface area contributed by atoms with Gasteiger partial charge in [-0.25, -0.2) is 13.6 Å². The number of anilines is 1. The van der Waals surface area contributed by atoms with Crippen LogP contribution >= 0.6 is 11.8 Å².